The van der Waals surface area contributed by atoms with Crippen LogP contribution in [0.1, 0.15) is 12.5 Å². The van der Waals surface area contributed by atoms with Crippen molar-refractivity contribution in [1.29, 1.82) is 0 Å². The van der Waals surface area contributed by atoms with E-state index in [0.717, 1.165) is 5.56 Å². The largest absolute Gasteiger partial charge is 0.341 e. The van der Waals surface area contributed by atoms with Gasteiger partial charge < -0.3 is 10.2 Å². The van der Waals surface area contributed by atoms with Crippen LogP contribution in [0.5, 0.6) is 0 Å². The number of carbonyl (C=O) groups excluding carboxylic acids is 1. The Hall–Kier alpha value is -1.06. The maximum atomic E-state index is 12.0. The van der Waals surface area contributed by atoms with Crippen LogP contribution in [0.25, 0.3) is 0 Å². The molecule has 0 heterocycles. The zero-order valence-electron chi connectivity index (χ0n) is 10.5. The zero-order chi connectivity index (χ0) is 12.8. The molecule has 3 nitrogen and oxygen atoms in total. The van der Waals surface area contributed by atoms with Crippen LogP contribution in [-0.2, 0) is 11.3 Å². The average molecular weight is 255 g/mol. The highest BCUT2D eigenvalue weighted by atomic mass is 35.5. The molecule has 4 heteroatoms. The molecule has 0 aliphatic heterocycles. The van der Waals surface area contributed by atoms with E-state index >= 15 is 0 Å². The number of halogens is 1. The van der Waals surface area contributed by atoms with Gasteiger partial charge in [0.15, 0.2) is 0 Å². The fourth-order valence-corrected chi connectivity index (χ4v) is 1.93. The summed E-state index contributed by atoms with van der Waals surface area (Å²) in [6.45, 7) is 3.15. The molecule has 0 bridgehead atoms. The van der Waals surface area contributed by atoms with Gasteiger partial charge in [-0.1, -0.05) is 36.7 Å². The van der Waals surface area contributed by atoms with E-state index in [2.05, 4.69) is 5.32 Å². The standard InChI is InChI=1S/C13H19ClN2O/c1-10(8-15-2)13(17)16(3)9-11-6-4-5-7-12(11)14/h4-7,10,15H,8-9H2,1-3H3. The highest BCUT2D eigenvalue weighted by Crippen LogP contribution is 2.17. The number of rotatable bonds is 5. The van der Waals surface area contributed by atoms with E-state index in [1.54, 1.807) is 11.9 Å². The van der Waals surface area contributed by atoms with E-state index in [0.29, 0.717) is 18.1 Å². The molecule has 0 fully saturated rings. The van der Waals surface area contributed by atoms with Gasteiger partial charge in [0.05, 0.1) is 0 Å². The van der Waals surface area contributed by atoms with Crippen LogP contribution in [0.4, 0.5) is 0 Å². The first kappa shape index (κ1) is 14.0. The van der Waals surface area contributed by atoms with Crippen LogP contribution >= 0.6 is 11.6 Å². The molecule has 1 unspecified atom stereocenters. The van der Waals surface area contributed by atoms with E-state index in [4.69, 9.17) is 11.6 Å². The van der Waals surface area contributed by atoms with Crippen LogP contribution in [0.2, 0.25) is 5.02 Å². The molecule has 94 valence electrons. The molecule has 17 heavy (non-hydrogen) atoms. The van der Waals surface area contributed by atoms with Crippen LogP contribution in [0, 0.1) is 5.92 Å². The summed E-state index contributed by atoms with van der Waals surface area (Å²) in [5.41, 5.74) is 0.974. The zero-order valence-corrected chi connectivity index (χ0v) is 11.3. The predicted molar refractivity (Wildman–Crippen MR) is 71.0 cm³/mol. The van der Waals surface area contributed by atoms with E-state index < -0.39 is 0 Å². The van der Waals surface area contributed by atoms with E-state index in [9.17, 15) is 4.79 Å². The Bertz CT molecular complexity index is 381. The molecule has 1 N–H and O–H groups in total. The lowest BCUT2D eigenvalue weighted by Crippen LogP contribution is -2.35. The van der Waals surface area contributed by atoms with Crippen molar-refractivity contribution < 1.29 is 4.79 Å². The number of benzene rings is 1. The van der Waals surface area contributed by atoms with E-state index in [1.807, 2.05) is 38.2 Å². The van der Waals surface area contributed by atoms with Gasteiger partial charge in [-0.25, -0.2) is 0 Å². The Morgan fingerprint density at radius 2 is 2.12 bits per heavy atom. The van der Waals surface area contributed by atoms with Crippen LogP contribution < -0.4 is 5.32 Å². The maximum Gasteiger partial charge on any atom is 0.226 e. The minimum atomic E-state index is -0.0208. The van der Waals surface area contributed by atoms with Gasteiger partial charge in [0.2, 0.25) is 5.91 Å². The molecule has 0 aliphatic carbocycles. The first-order valence-electron chi connectivity index (χ1n) is 5.69. The van der Waals surface area contributed by atoms with Crippen molar-refractivity contribution in [2.24, 2.45) is 5.92 Å². The molecule has 0 saturated carbocycles. The molecule has 0 aromatic heterocycles. The summed E-state index contributed by atoms with van der Waals surface area (Å²) in [5, 5.41) is 3.71. The van der Waals surface area contributed by atoms with Crippen molar-refractivity contribution in [3.63, 3.8) is 0 Å². The molecule has 1 aromatic carbocycles. The number of nitrogens with zero attached hydrogens (tertiary/aromatic N) is 1. The number of amides is 1. The molecule has 0 radical (unpaired) electrons. The second-order valence-corrected chi connectivity index (χ2v) is 4.65. The third-order valence-electron chi connectivity index (χ3n) is 2.67. The summed E-state index contributed by atoms with van der Waals surface area (Å²) < 4.78 is 0. The molecule has 1 atom stereocenters. The summed E-state index contributed by atoms with van der Waals surface area (Å²) in [6, 6.07) is 7.59. The smallest absolute Gasteiger partial charge is 0.226 e. The first-order chi connectivity index (χ1) is 8.06. The highest BCUT2D eigenvalue weighted by molar-refractivity contribution is 6.31. The van der Waals surface area contributed by atoms with Crippen LogP contribution in [-0.4, -0.2) is 31.4 Å². The molecular formula is C13H19ClN2O. The number of carbonyl (C=O) groups is 1. The topological polar surface area (TPSA) is 32.3 Å². The Morgan fingerprint density at radius 1 is 1.47 bits per heavy atom. The number of hydrogen-bond donors (Lipinski definition) is 1. The molecule has 1 aromatic rings. The van der Waals surface area contributed by atoms with Gasteiger partial charge in [0.1, 0.15) is 0 Å². The van der Waals surface area contributed by atoms with Gasteiger partial charge in [-0.3, -0.25) is 4.79 Å². The third kappa shape index (κ3) is 4.02. The Kier molecular flexibility index (Phi) is 5.45. The highest BCUT2D eigenvalue weighted by Gasteiger charge is 2.17. The molecule has 0 saturated heterocycles. The minimum Gasteiger partial charge on any atom is -0.341 e. The predicted octanol–water partition coefficient (Wildman–Crippen LogP) is 2.15. The second kappa shape index (κ2) is 6.62. The fourth-order valence-electron chi connectivity index (χ4n) is 1.73. The quantitative estimate of drug-likeness (QED) is 0.873. The Morgan fingerprint density at radius 3 is 2.71 bits per heavy atom. The minimum absolute atomic E-state index is 0.0208. The van der Waals surface area contributed by atoms with Gasteiger partial charge in [-0.05, 0) is 18.7 Å². The number of hydrogen-bond acceptors (Lipinski definition) is 2. The van der Waals surface area contributed by atoms with Crippen molar-refractivity contribution in [3.05, 3.63) is 34.9 Å². The van der Waals surface area contributed by atoms with Crippen LogP contribution in [0.15, 0.2) is 24.3 Å². The third-order valence-corrected chi connectivity index (χ3v) is 3.04. The maximum absolute atomic E-state index is 12.0. The lowest BCUT2D eigenvalue weighted by atomic mass is 10.1. The summed E-state index contributed by atoms with van der Waals surface area (Å²) in [5.74, 6) is 0.103. The van der Waals surface area contributed by atoms with Gasteiger partial charge in [-0.15, -0.1) is 0 Å². The molecule has 0 aliphatic rings. The first-order valence-corrected chi connectivity index (χ1v) is 6.07. The van der Waals surface area contributed by atoms with Crippen LogP contribution in [0.3, 0.4) is 0 Å². The summed E-state index contributed by atoms with van der Waals surface area (Å²) in [4.78, 5) is 13.7. The molecular weight excluding hydrogens is 236 g/mol. The van der Waals surface area contributed by atoms with Crippen molar-refractivity contribution in [2.75, 3.05) is 20.6 Å². The lowest BCUT2D eigenvalue weighted by Gasteiger charge is -2.21. The summed E-state index contributed by atoms with van der Waals surface area (Å²) in [6.07, 6.45) is 0. The lowest BCUT2D eigenvalue weighted by molar-refractivity contribution is -0.134. The second-order valence-electron chi connectivity index (χ2n) is 4.24. The van der Waals surface area contributed by atoms with Crippen molar-refractivity contribution in [3.8, 4) is 0 Å². The van der Waals surface area contributed by atoms with Crippen molar-refractivity contribution in [1.82, 2.24) is 10.2 Å². The SMILES string of the molecule is CNCC(C)C(=O)N(C)Cc1ccccc1Cl. The molecule has 1 amide bonds. The van der Waals surface area contributed by atoms with E-state index in [1.165, 1.54) is 0 Å². The monoisotopic (exact) mass is 254 g/mol. The Balaban J connectivity index is 2.63. The molecule has 0 spiro atoms. The average Bonchev–Trinajstić information content (AvgIpc) is 2.31. The van der Waals surface area contributed by atoms with Crippen molar-refractivity contribution in [2.45, 2.75) is 13.5 Å². The van der Waals surface area contributed by atoms with Gasteiger partial charge in [0, 0.05) is 31.1 Å². The molecule has 1 rings (SSSR count). The number of nitrogens with one attached hydrogen (secondary N) is 1. The fraction of sp³-hybridized carbons (Fsp3) is 0.462. The summed E-state index contributed by atoms with van der Waals surface area (Å²) in [7, 11) is 3.65. The van der Waals surface area contributed by atoms with Gasteiger partial charge in [0.25, 0.3) is 0 Å². The Labute approximate surface area is 108 Å². The van der Waals surface area contributed by atoms with Crippen molar-refractivity contribution >= 4 is 17.5 Å². The van der Waals surface area contributed by atoms with E-state index in [-0.39, 0.29) is 11.8 Å². The van der Waals surface area contributed by atoms with Gasteiger partial charge >= 0.3 is 0 Å². The normalized spacial score (nSPS) is 12.2. The van der Waals surface area contributed by atoms with Gasteiger partial charge in [-0.2, -0.15) is 0 Å². The summed E-state index contributed by atoms with van der Waals surface area (Å²) >= 11 is 6.06.